The molecule has 4 rings (SSSR count). The molecule has 4 aromatic heterocycles. The van der Waals surface area contributed by atoms with Gasteiger partial charge in [0.25, 0.3) is 5.91 Å². The molecule has 0 spiro atoms. The molecule has 0 fully saturated rings. The van der Waals surface area contributed by atoms with Gasteiger partial charge in [0.1, 0.15) is 5.00 Å². The van der Waals surface area contributed by atoms with Crippen molar-refractivity contribution in [2.24, 2.45) is 0 Å². The maximum absolute atomic E-state index is 12.7. The summed E-state index contributed by atoms with van der Waals surface area (Å²) in [4.78, 5) is 22.9. The molecule has 0 aromatic carbocycles. The summed E-state index contributed by atoms with van der Waals surface area (Å²) in [6.45, 7) is 8.04. The molecule has 6 nitrogen and oxygen atoms in total. The van der Waals surface area contributed by atoms with E-state index in [1.54, 1.807) is 34.8 Å². The summed E-state index contributed by atoms with van der Waals surface area (Å²) in [5, 5.41) is 11.5. The molecule has 0 saturated heterocycles. The zero-order chi connectivity index (χ0) is 21.3. The van der Waals surface area contributed by atoms with Crippen molar-refractivity contribution < 1.29 is 9.21 Å². The molecule has 30 heavy (non-hydrogen) atoms. The largest absolute Gasteiger partial charge is 0.459 e. The van der Waals surface area contributed by atoms with E-state index in [9.17, 15) is 4.79 Å². The average Bonchev–Trinajstić information content (AvgIpc) is 3.43. The number of carbonyl (C=O) groups is 1. The van der Waals surface area contributed by atoms with Crippen LogP contribution < -0.4 is 10.6 Å². The summed E-state index contributed by atoms with van der Waals surface area (Å²) in [5.74, 6) is 0.576. The van der Waals surface area contributed by atoms with E-state index in [-0.39, 0.29) is 17.7 Å². The molecule has 0 aliphatic carbocycles. The third-order valence-corrected chi connectivity index (χ3v) is 6.66. The van der Waals surface area contributed by atoms with Gasteiger partial charge in [-0.15, -0.1) is 11.3 Å². The Hall–Kier alpha value is -2.97. The van der Waals surface area contributed by atoms with Gasteiger partial charge in [-0.05, 0) is 73.8 Å². The van der Waals surface area contributed by atoms with E-state index in [4.69, 9.17) is 4.42 Å². The van der Waals surface area contributed by atoms with Gasteiger partial charge in [0.15, 0.2) is 5.76 Å². The Morgan fingerprint density at radius 1 is 1.13 bits per heavy atom. The zero-order valence-electron chi connectivity index (χ0n) is 17.1. The van der Waals surface area contributed by atoms with Gasteiger partial charge in [-0.1, -0.05) is 0 Å². The third-order valence-electron chi connectivity index (χ3n) is 4.82. The number of thiophene rings is 2. The Morgan fingerprint density at radius 3 is 2.53 bits per heavy atom. The first-order valence-electron chi connectivity index (χ1n) is 9.48. The lowest BCUT2D eigenvalue weighted by Crippen LogP contribution is -2.18. The molecule has 0 saturated carbocycles. The number of hydrogen-bond donors (Lipinski definition) is 2. The fourth-order valence-electron chi connectivity index (χ4n) is 3.34. The van der Waals surface area contributed by atoms with Gasteiger partial charge in [0.05, 0.1) is 12.3 Å². The Balaban J connectivity index is 1.76. The number of amides is 1. The molecule has 0 bridgehead atoms. The fourth-order valence-corrected chi connectivity index (χ4v) is 5.12. The van der Waals surface area contributed by atoms with Gasteiger partial charge in [-0.25, -0.2) is 9.97 Å². The van der Waals surface area contributed by atoms with Crippen molar-refractivity contribution in [3.05, 3.63) is 80.0 Å². The number of aryl methyl sites for hydroxylation is 3. The Morgan fingerprint density at radius 2 is 1.90 bits per heavy atom. The molecule has 0 aliphatic heterocycles. The van der Waals surface area contributed by atoms with Crippen LogP contribution in [0.2, 0.25) is 0 Å². The van der Waals surface area contributed by atoms with Crippen molar-refractivity contribution in [1.29, 1.82) is 0 Å². The normalized spacial score (nSPS) is 12.0. The highest BCUT2D eigenvalue weighted by atomic mass is 32.1. The lowest BCUT2D eigenvalue weighted by molar-refractivity contribution is 0.0997. The summed E-state index contributed by atoms with van der Waals surface area (Å²) in [6.07, 6.45) is 1.49. The van der Waals surface area contributed by atoms with Crippen molar-refractivity contribution >= 4 is 39.5 Å². The summed E-state index contributed by atoms with van der Waals surface area (Å²) in [7, 11) is 0. The van der Waals surface area contributed by atoms with E-state index < -0.39 is 0 Å². The minimum Gasteiger partial charge on any atom is -0.459 e. The van der Waals surface area contributed by atoms with Crippen molar-refractivity contribution in [2.75, 3.05) is 10.6 Å². The summed E-state index contributed by atoms with van der Waals surface area (Å²) in [5.41, 5.74) is 5.04. The van der Waals surface area contributed by atoms with Crippen LogP contribution >= 0.6 is 22.7 Å². The van der Waals surface area contributed by atoms with E-state index in [0.717, 1.165) is 38.0 Å². The first kappa shape index (κ1) is 20.3. The molecular formula is C22H22N4O2S2. The maximum Gasteiger partial charge on any atom is 0.291 e. The molecular weight excluding hydrogens is 416 g/mol. The number of furan rings is 1. The van der Waals surface area contributed by atoms with E-state index >= 15 is 0 Å². The summed E-state index contributed by atoms with van der Waals surface area (Å²) >= 11 is 3.19. The van der Waals surface area contributed by atoms with Crippen LogP contribution in [-0.2, 0) is 0 Å². The van der Waals surface area contributed by atoms with Gasteiger partial charge in [0, 0.05) is 21.8 Å². The monoisotopic (exact) mass is 438 g/mol. The topological polar surface area (TPSA) is 80.0 Å². The molecule has 0 aliphatic rings. The fraction of sp³-hybridized carbons (Fsp3) is 0.227. The van der Waals surface area contributed by atoms with Crippen LogP contribution in [0.25, 0.3) is 0 Å². The van der Waals surface area contributed by atoms with Crippen molar-refractivity contribution in [1.82, 2.24) is 9.97 Å². The van der Waals surface area contributed by atoms with Gasteiger partial charge >= 0.3 is 0 Å². The van der Waals surface area contributed by atoms with Crippen LogP contribution in [0.1, 0.15) is 49.6 Å². The van der Waals surface area contributed by atoms with Crippen LogP contribution in [0.3, 0.4) is 0 Å². The second-order valence-corrected chi connectivity index (χ2v) is 9.07. The smallest absolute Gasteiger partial charge is 0.291 e. The van der Waals surface area contributed by atoms with E-state index in [0.29, 0.717) is 5.95 Å². The number of carbonyl (C=O) groups excluding carboxylic acids is 1. The number of nitrogens with one attached hydrogen (secondary N) is 2. The van der Waals surface area contributed by atoms with Gasteiger partial charge in [0.2, 0.25) is 5.95 Å². The second kappa shape index (κ2) is 8.41. The molecule has 8 heteroatoms. The minimum absolute atomic E-state index is 0.200. The van der Waals surface area contributed by atoms with E-state index in [1.807, 2.05) is 25.3 Å². The van der Waals surface area contributed by atoms with Crippen LogP contribution in [0, 0.1) is 27.7 Å². The Bertz CT molecular complexity index is 1140. The number of nitrogens with zero attached hydrogens (tertiary/aromatic N) is 2. The number of aromatic nitrogens is 2. The average molecular weight is 439 g/mol. The van der Waals surface area contributed by atoms with Gasteiger partial charge < -0.3 is 15.1 Å². The third kappa shape index (κ3) is 4.15. The van der Waals surface area contributed by atoms with Crippen molar-refractivity contribution in [3.63, 3.8) is 0 Å². The predicted octanol–water partition coefficient (Wildman–Crippen LogP) is 5.88. The molecule has 4 heterocycles. The summed E-state index contributed by atoms with van der Waals surface area (Å²) < 4.78 is 5.26. The van der Waals surface area contributed by atoms with Crippen LogP contribution in [0.15, 0.2) is 45.7 Å². The van der Waals surface area contributed by atoms with Crippen molar-refractivity contribution in [2.45, 2.75) is 33.7 Å². The first-order valence-corrected chi connectivity index (χ1v) is 11.2. The lowest BCUT2D eigenvalue weighted by atomic mass is 9.98. The molecule has 0 unspecified atom stereocenters. The highest BCUT2D eigenvalue weighted by molar-refractivity contribution is 7.16. The van der Waals surface area contributed by atoms with Crippen molar-refractivity contribution in [3.8, 4) is 0 Å². The minimum atomic E-state index is -0.269. The summed E-state index contributed by atoms with van der Waals surface area (Å²) in [6, 6.07) is 7.18. The number of hydrogen-bond acceptors (Lipinski definition) is 7. The number of anilines is 2. The molecule has 1 atom stereocenters. The van der Waals surface area contributed by atoms with Gasteiger partial charge in [-0.3, -0.25) is 4.79 Å². The second-order valence-electron chi connectivity index (χ2n) is 7.07. The van der Waals surface area contributed by atoms with E-state index in [2.05, 4.69) is 45.9 Å². The first-order chi connectivity index (χ1) is 14.4. The molecule has 4 aromatic rings. The van der Waals surface area contributed by atoms with Crippen LogP contribution in [0.4, 0.5) is 10.9 Å². The highest BCUT2D eigenvalue weighted by Crippen LogP contribution is 2.41. The standard InChI is InChI=1S/C22H22N4O2S2/c1-12-10-13(2)24-22(23-12)25-19(16-7-9-29-11-16)18-14(3)15(4)30-21(18)26-20(27)17-6-5-8-28-17/h5-11,19H,1-4H3,(H,26,27)(H,23,24,25)/t19-/m1/s1. The highest BCUT2D eigenvalue weighted by Gasteiger charge is 2.26. The lowest BCUT2D eigenvalue weighted by Gasteiger charge is -2.21. The molecule has 1 amide bonds. The maximum atomic E-state index is 12.7. The molecule has 0 radical (unpaired) electrons. The SMILES string of the molecule is Cc1cc(C)nc(N[C@H](c2ccsc2)c2c(NC(=O)c3ccco3)sc(C)c2C)n1. The quantitative estimate of drug-likeness (QED) is 0.393. The zero-order valence-corrected chi connectivity index (χ0v) is 18.8. The Labute approximate surface area is 183 Å². The predicted molar refractivity (Wildman–Crippen MR) is 122 cm³/mol. The Kier molecular flexibility index (Phi) is 5.69. The van der Waals surface area contributed by atoms with Crippen LogP contribution in [0.5, 0.6) is 0 Å². The molecule has 154 valence electrons. The van der Waals surface area contributed by atoms with Gasteiger partial charge in [-0.2, -0.15) is 11.3 Å². The number of rotatable bonds is 6. The molecule has 2 N–H and O–H groups in total. The van der Waals surface area contributed by atoms with Crippen LogP contribution in [-0.4, -0.2) is 15.9 Å². The van der Waals surface area contributed by atoms with E-state index in [1.165, 1.54) is 6.26 Å².